The molecule has 0 aliphatic heterocycles. The Morgan fingerprint density at radius 1 is 1.14 bits per heavy atom. The van der Waals surface area contributed by atoms with E-state index in [-0.39, 0.29) is 17.7 Å². The van der Waals surface area contributed by atoms with Crippen LogP contribution in [0.25, 0.3) is 10.8 Å². The van der Waals surface area contributed by atoms with Gasteiger partial charge in [-0.1, -0.05) is 6.07 Å². The number of aromatic amines is 1. The Hall–Kier alpha value is -2.94. The Kier molecular flexibility index (Phi) is 5.64. The fraction of sp³-hybridized carbons (Fsp3) is 0.368. The van der Waals surface area contributed by atoms with Crippen molar-refractivity contribution in [2.75, 3.05) is 0 Å². The van der Waals surface area contributed by atoms with Crippen LogP contribution >= 0.6 is 11.3 Å². The van der Waals surface area contributed by atoms with Crippen molar-refractivity contribution in [3.63, 3.8) is 0 Å². The number of aromatic nitrogens is 3. The number of carbonyl (C=O) groups is 2. The molecule has 0 aromatic carbocycles. The van der Waals surface area contributed by atoms with Gasteiger partial charge in [0.1, 0.15) is 5.69 Å². The number of nitrogens with zero attached hydrogens (tertiary/aromatic N) is 2. The largest absolute Gasteiger partial charge is 0.459 e. The molecular formula is C19H21N3O5S. The van der Waals surface area contributed by atoms with Crippen LogP contribution in [0.15, 0.2) is 21.9 Å². The van der Waals surface area contributed by atoms with Gasteiger partial charge in [0.05, 0.1) is 16.5 Å². The van der Waals surface area contributed by atoms with Crippen LogP contribution in [0.2, 0.25) is 0 Å². The van der Waals surface area contributed by atoms with E-state index in [0.717, 1.165) is 4.88 Å². The van der Waals surface area contributed by atoms with Crippen LogP contribution in [-0.4, -0.2) is 33.2 Å². The molecule has 0 radical (unpaired) electrons. The quantitative estimate of drug-likeness (QED) is 0.614. The topological polar surface area (TPSA) is 107 Å². The third kappa shape index (κ3) is 3.99. The zero-order valence-corrected chi connectivity index (χ0v) is 17.0. The number of rotatable bonds is 6. The summed E-state index contributed by atoms with van der Waals surface area (Å²) in [7, 11) is 0. The maximum Gasteiger partial charge on any atom is 0.355 e. The van der Waals surface area contributed by atoms with Crippen molar-refractivity contribution < 1.29 is 23.5 Å². The summed E-state index contributed by atoms with van der Waals surface area (Å²) >= 11 is 1.47. The summed E-state index contributed by atoms with van der Waals surface area (Å²) in [5.41, 5.74) is 1.55. The lowest BCUT2D eigenvalue weighted by Gasteiger charge is -2.10. The zero-order valence-electron chi connectivity index (χ0n) is 16.2. The van der Waals surface area contributed by atoms with Gasteiger partial charge in [-0.25, -0.2) is 9.59 Å². The van der Waals surface area contributed by atoms with Crippen LogP contribution in [-0.2, 0) is 9.47 Å². The van der Waals surface area contributed by atoms with E-state index >= 15 is 0 Å². The first kappa shape index (κ1) is 19.8. The van der Waals surface area contributed by atoms with E-state index in [2.05, 4.69) is 15.2 Å². The van der Waals surface area contributed by atoms with Crippen LogP contribution in [0.1, 0.15) is 64.9 Å². The minimum Gasteiger partial charge on any atom is -0.459 e. The highest BCUT2D eigenvalue weighted by atomic mass is 32.1. The molecule has 9 heteroatoms. The monoisotopic (exact) mass is 403 g/mol. The smallest absolute Gasteiger partial charge is 0.355 e. The van der Waals surface area contributed by atoms with Crippen molar-refractivity contribution in [2.24, 2.45) is 0 Å². The molecule has 3 aromatic rings. The molecule has 0 saturated carbocycles. The van der Waals surface area contributed by atoms with Gasteiger partial charge < -0.3 is 18.9 Å². The molecule has 148 valence electrons. The highest BCUT2D eigenvalue weighted by Gasteiger charge is 2.27. The maximum absolute atomic E-state index is 12.6. The molecule has 0 fully saturated rings. The van der Waals surface area contributed by atoms with E-state index in [9.17, 15) is 9.59 Å². The molecule has 3 heterocycles. The van der Waals surface area contributed by atoms with Crippen molar-refractivity contribution in [3.8, 4) is 10.8 Å². The van der Waals surface area contributed by atoms with Gasteiger partial charge in [-0.3, -0.25) is 0 Å². The Morgan fingerprint density at radius 3 is 2.54 bits per heavy atom. The van der Waals surface area contributed by atoms with Crippen molar-refractivity contribution in [1.82, 2.24) is 15.2 Å². The molecule has 0 saturated heterocycles. The van der Waals surface area contributed by atoms with Crippen molar-refractivity contribution >= 4 is 23.3 Å². The number of hydrogen-bond acceptors (Lipinski definition) is 8. The Morgan fingerprint density at radius 2 is 1.89 bits per heavy atom. The lowest BCUT2D eigenvalue weighted by atomic mass is 10.1. The summed E-state index contributed by atoms with van der Waals surface area (Å²) in [5.74, 6) is -0.533. The van der Waals surface area contributed by atoms with E-state index in [1.165, 1.54) is 11.3 Å². The Labute approximate surface area is 165 Å². The Balaban J connectivity index is 1.75. The first-order valence-corrected chi connectivity index (χ1v) is 9.64. The number of esters is 2. The van der Waals surface area contributed by atoms with Gasteiger partial charge in [0.25, 0.3) is 11.8 Å². The molecule has 3 aromatic heterocycles. The van der Waals surface area contributed by atoms with Gasteiger partial charge in [-0.05, 0) is 51.6 Å². The van der Waals surface area contributed by atoms with Crippen molar-refractivity contribution in [2.45, 2.75) is 46.8 Å². The highest BCUT2D eigenvalue weighted by Crippen LogP contribution is 2.27. The molecule has 0 aliphatic rings. The normalized spacial score (nSPS) is 12.2. The van der Waals surface area contributed by atoms with Gasteiger partial charge in [-0.15, -0.1) is 21.5 Å². The van der Waals surface area contributed by atoms with E-state index < -0.39 is 18.0 Å². The van der Waals surface area contributed by atoms with E-state index in [1.807, 2.05) is 17.5 Å². The molecule has 0 amide bonds. The summed E-state index contributed by atoms with van der Waals surface area (Å²) in [5, 5.41) is 9.84. The van der Waals surface area contributed by atoms with E-state index in [1.54, 1.807) is 34.6 Å². The number of H-pyrrole nitrogens is 1. The first-order chi connectivity index (χ1) is 13.3. The molecule has 1 N–H and O–H groups in total. The molecule has 0 spiro atoms. The van der Waals surface area contributed by atoms with Gasteiger partial charge in [-0.2, -0.15) is 0 Å². The summed E-state index contributed by atoms with van der Waals surface area (Å²) in [6, 6.07) is 3.74. The van der Waals surface area contributed by atoms with Crippen LogP contribution in [0.4, 0.5) is 0 Å². The molecule has 28 heavy (non-hydrogen) atoms. The predicted octanol–water partition coefficient (Wildman–Crippen LogP) is 4.23. The summed E-state index contributed by atoms with van der Waals surface area (Å²) in [6.07, 6.45) is -1.01. The number of ether oxygens (including phenoxy) is 2. The number of nitrogens with one attached hydrogen (secondary N) is 1. The fourth-order valence-corrected chi connectivity index (χ4v) is 3.35. The van der Waals surface area contributed by atoms with Gasteiger partial charge >= 0.3 is 11.9 Å². The lowest BCUT2D eigenvalue weighted by molar-refractivity contribution is 0.0272. The second kappa shape index (κ2) is 7.97. The Bertz CT molecular complexity index is 988. The minimum absolute atomic E-state index is 0.192. The third-order valence-electron chi connectivity index (χ3n) is 3.99. The van der Waals surface area contributed by atoms with Crippen molar-refractivity contribution in [1.29, 1.82) is 0 Å². The second-order valence-electron chi connectivity index (χ2n) is 6.55. The van der Waals surface area contributed by atoms with Gasteiger partial charge in [0.2, 0.25) is 0 Å². The molecular weight excluding hydrogens is 382 g/mol. The maximum atomic E-state index is 12.6. The molecule has 0 bridgehead atoms. The SMILES string of the molecule is Cc1[nH]c(C(=O)O[C@@H](C)c2nnc(-c3cccs3)o2)c(C)c1C(=O)OC(C)C. The molecule has 0 unspecified atom stereocenters. The van der Waals surface area contributed by atoms with Gasteiger partial charge in [0, 0.05) is 5.69 Å². The average molecular weight is 403 g/mol. The minimum atomic E-state index is -0.747. The predicted molar refractivity (Wildman–Crippen MR) is 102 cm³/mol. The fourth-order valence-electron chi connectivity index (χ4n) is 2.70. The van der Waals surface area contributed by atoms with Crippen LogP contribution in [0.3, 0.4) is 0 Å². The standard InChI is InChI=1S/C19H21N3O5S/c1-9(2)25-18(23)14-10(3)15(20-11(14)4)19(24)26-12(5)16-21-22-17(27-16)13-7-6-8-28-13/h6-9,12,20H,1-5H3/t12-/m0/s1. The summed E-state index contributed by atoms with van der Waals surface area (Å²) in [4.78, 5) is 28.6. The highest BCUT2D eigenvalue weighted by molar-refractivity contribution is 7.13. The van der Waals surface area contributed by atoms with Gasteiger partial charge in [0.15, 0.2) is 6.10 Å². The molecule has 3 rings (SSSR count). The average Bonchev–Trinajstić information content (AvgIpc) is 3.33. The third-order valence-corrected chi connectivity index (χ3v) is 4.85. The van der Waals surface area contributed by atoms with Crippen LogP contribution in [0, 0.1) is 13.8 Å². The zero-order chi connectivity index (χ0) is 20.4. The second-order valence-corrected chi connectivity index (χ2v) is 7.50. The lowest BCUT2D eigenvalue weighted by Crippen LogP contribution is -2.14. The summed E-state index contributed by atoms with van der Waals surface area (Å²) < 4.78 is 16.3. The number of carbonyl (C=O) groups excluding carboxylic acids is 2. The number of aryl methyl sites for hydroxylation is 1. The summed E-state index contributed by atoms with van der Waals surface area (Å²) in [6.45, 7) is 8.54. The molecule has 8 nitrogen and oxygen atoms in total. The molecule has 0 aliphatic carbocycles. The number of hydrogen-bond donors (Lipinski definition) is 1. The first-order valence-electron chi connectivity index (χ1n) is 8.76. The van der Waals surface area contributed by atoms with Crippen LogP contribution < -0.4 is 0 Å². The van der Waals surface area contributed by atoms with E-state index in [0.29, 0.717) is 22.7 Å². The molecule has 1 atom stereocenters. The van der Waals surface area contributed by atoms with E-state index in [4.69, 9.17) is 13.9 Å². The van der Waals surface area contributed by atoms with Crippen molar-refractivity contribution in [3.05, 3.63) is 45.9 Å². The number of thiophene rings is 1. The van der Waals surface area contributed by atoms with Crippen LogP contribution in [0.5, 0.6) is 0 Å².